The Labute approximate surface area is 123 Å². The second-order valence-corrected chi connectivity index (χ2v) is 4.75. The number of rotatable bonds is 4. The molecule has 0 bridgehead atoms. The topological polar surface area (TPSA) is 29.9 Å². The molecule has 1 heterocycles. The lowest BCUT2D eigenvalue weighted by molar-refractivity contribution is 0.562. The fourth-order valence-electron chi connectivity index (χ4n) is 2.49. The molecule has 2 aromatic carbocycles. The van der Waals surface area contributed by atoms with Gasteiger partial charge in [-0.2, -0.15) is 5.10 Å². The Balaban J connectivity index is 2.08. The van der Waals surface area contributed by atoms with Gasteiger partial charge in [0.25, 0.3) is 0 Å². The first kappa shape index (κ1) is 13.5. The fraction of sp³-hybridized carbons (Fsp3) is 0.118. The normalized spacial score (nSPS) is 12.3. The first-order valence-corrected chi connectivity index (χ1v) is 6.82. The zero-order chi connectivity index (χ0) is 14.7. The van der Waals surface area contributed by atoms with Crippen LogP contribution in [0.5, 0.6) is 0 Å². The number of para-hydroxylation sites is 1. The second kappa shape index (κ2) is 5.89. The van der Waals surface area contributed by atoms with E-state index in [0.29, 0.717) is 5.56 Å². The molecule has 106 valence electrons. The smallest absolute Gasteiger partial charge is 0.128 e. The van der Waals surface area contributed by atoms with Crippen molar-refractivity contribution in [1.82, 2.24) is 15.1 Å². The summed E-state index contributed by atoms with van der Waals surface area (Å²) >= 11 is 0. The summed E-state index contributed by atoms with van der Waals surface area (Å²) in [6.45, 7) is 0. The molecule has 0 saturated heterocycles. The Morgan fingerprint density at radius 2 is 1.71 bits per heavy atom. The van der Waals surface area contributed by atoms with Crippen LogP contribution in [0.2, 0.25) is 0 Å². The maximum Gasteiger partial charge on any atom is 0.128 e. The zero-order valence-electron chi connectivity index (χ0n) is 11.7. The van der Waals surface area contributed by atoms with Gasteiger partial charge in [0.05, 0.1) is 17.4 Å². The van der Waals surface area contributed by atoms with Gasteiger partial charge in [0.2, 0.25) is 0 Å². The minimum absolute atomic E-state index is 0.224. The van der Waals surface area contributed by atoms with Gasteiger partial charge in [-0.15, -0.1) is 0 Å². The van der Waals surface area contributed by atoms with E-state index in [-0.39, 0.29) is 11.9 Å². The van der Waals surface area contributed by atoms with Gasteiger partial charge in [-0.3, -0.25) is 0 Å². The number of benzene rings is 2. The summed E-state index contributed by atoms with van der Waals surface area (Å²) in [7, 11) is 1.82. The maximum atomic E-state index is 14.1. The number of hydrogen-bond acceptors (Lipinski definition) is 2. The van der Waals surface area contributed by atoms with Gasteiger partial charge in [-0.25, -0.2) is 9.07 Å². The number of hydrogen-bond donors (Lipinski definition) is 1. The van der Waals surface area contributed by atoms with Gasteiger partial charge < -0.3 is 5.32 Å². The van der Waals surface area contributed by atoms with E-state index in [1.807, 2.05) is 54.2 Å². The van der Waals surface area contributed by atoms with Crippen LogP contribution in [-0.2, 0) is 0 Å². The molecule has 3 rings (SSSR count). The second-order valence-electron chi connectivity index (χ2n) is 4.75. The highest BCUT2D eigenvalue weighted by molar-refractivity contribution is 5.36. The van der Waals surface area contributed by atoms with Gasteiger partial charge >= 0.3 is 0 Å². The molecule has 0 spiro atoms. The zero-order valence-corrected chi connectivity index (χ0v) is 11.7. The van der Waals surface area contributed by atoms with E-state index < -0.39 is 0 Å². The lowest BCUT2D eigenvalue weighted by atomic mass is 10.0. The van der Waals surface area contributed by atoms with Crippen molar-refractivity contribution < 1.29 is 4.39 Å². The monoisotopic (exact) mass is 281 g/mol. The average molecular weight is 281 g/mol. The van der Waals surface area contributed by atoms with Crippen molar-refractivity contribution in [2.45, 2.75) is 6.04 Å². The average Bonchev–Trinajstić information content (AvgIpc) is 3.00. The molecule has 3 aromatic rings. The fourth-order valence-corrected chi connectivity index (χ4v) is 2.49. The van der Waals surface area contributed by atoms with E-state index in [1.165, 1.54) is 6.07 Å². The molecule has 0 radical (unpaired) electrons. The van der Waals surface area contributed by atoms with Crippen LogP contribution in [0, 0.1) is 5.82 Å². The molecule has 3 nitrogen and oxygen atoms in total. The highest BCUT2D eigenvalue weighted by Gasteiger charge is 2.20. The Morgan fingerprint density at radius 3 is 2.43 bits per heavy atom. The largest absolute Gasteiger partial charge is 0.308 e. The minimum atomic E-state index is -0.256. The molecule has 1 atom stereocenters. The SMILES string of the molecule is CNC(c1ccccc1F)c1ccnn1-c1ccccc1. The van der Waals surface area contributed by atoms with Crippen molar-refractivity contribution in [2.24, 2.45) is 0 Å². The van der Waals surface area contributed by atoms with Gasteiger partial charge in [-0.05, 0) is 31.3 Å². The van der Waals surface area contributed by atoms with Crippen molar-refractivity contribution in [3.63, 3.8) is 0 Å². The molecule has 0 amide bonds. The first-order chi connectivity index (χ1) is 10.3. The van der Waals surface area contributed by atoms with Crippen LogP contribution in [0.1, 0.15) is 17.3 Å². The van der Waals surface area contributed by atoms with Crippen molar-refractivity contribution >= 4 is 0 Å². The summed E-state index contributed by atoms with van der Waals surface area (Å²) in [5.74, 6) is -0.224. The van der Waals surface area contributed by atoms with E-state index >= 15 is 0 Å². The van der Waals surface area contributed by atoms with Crippen LogP contribution in [0.15, 0.2) is 66.9 Å². The number of nitrogens with one attached hydrogen (secondary N) is 1. The standard InChI is InChI=1S/C17H16FN3/c1-19-17(14-9-5-6-10-15(14)18)16-11-12-20-21(16)13-7-3-2-4-8-13/h2-12,17,19H,1H3. The quantitative estimate of drug-likeness (QED) is 0.795. The van der Waals surface area contributed by atoms with Crippen LogP contribution >= 0.6 is 0 Å². The summed E-state index contributed by atoms with van der Waals surface area (Å²) < 4.78 is 15.9. The molecule has 0 saturated carbocycles. The predicted molar refractivity (Wildman–Crippen MR) is 80.9 cm³/mol. The Morgan fingerprint density at radius 1 is 1.00 bits per heavy atom. The third-order valence-electron chi connectivity index (χ3n) is 3.47. The third kappa shape index (κ3) is 2.58. The summed E-state index contributed by atoms with van der Waals surface area (Å²) in [6, 6.07) is 18.3. The number of halogens is 1. The summed E-state index contributed by atoms with van der Waals surface area (Å²) in [6.07, 6.45) is 1.73. The van der Waals surface area contributed by atoms with E-state index in [9.17, 15) is 4.39 Å². The summed E-state index contributed by atoms with van der Waals surface area (Å²) in [5, 5.41) is 7.54. The Hall–Kier alpha value is -2.46. The maximum absolute atomic E-state index is 14.1. The van der Waals surface area contributed by atoms with Crippen LogP contribution in [0.4, 0.5) is 4.39 Å². The van der Waals surface area contributed by atoms with Crippen LogP contribution in [0.25, 0.3) is 5.69 Å². The first-order valence-electron chi connectivity index (χ1n) is 6.82. The van der Waals surface area contributed by atoms with E-state index in [2.05, 4.69) is 10.4 Å². The molecule has 1 aromatic heterocycles. The molecular weight excluding hydrogens is 265 g/mol. The predicted octanol–water partition coefficient (Wildman–Crippen LogP) is 3.32. The molecule has 21 heavy (non-hydrogen) atoms. The molecule has 0 aliphatic heterocycles. The minimum Gasteiger partial charge on any atom is -0.308 e. The molecule has 0 aliphatic carbocycles. The van der Waals surface area contributed by atoms with Crippen molar-refractivity contribution in [2.75, 3.05) is 7.05 Å². The molecule has 1 unspecified atom stereocenters. The molecule has 4 heteroatoms. The van der Waals surface area contributed by atoms with Gasteiger partial charge in [0, 0.05) is 11.8 Å². The van der Waals surface area contributed by atoms with Crippen LogP contribution in [-0.4, -0.2) is 16.8 Å². The van der Waals surface area contributed by atoms with Gasteiger partial charge in [-0.1, -0.05) is 36.4 Å². The molecule has 1 N–H and O–H groups in total. The lowest BCUT2D eigenvalue weighted by Crippen LogP contribution is -2.22. The van der Waals surface area contributed by atoms with Crippen LogP contribution in [0.3, 0.4) is 0 Å². The lowest BCUT2D eigenvalue weighted by Gasteiger charge is -2.19. The van der Waals surface area contributed by atoms with E-state index in [4.69, 9.17) is 0 Å². The third-order valence-corrected chi connectivity index (χ3v) is 3.47. The Kier molecular flexibility index (Phi) is 3.79. The molecular formula is C17H16FN3. The van der Waals surface area contributed by atoms with Crippen molar-refractivity contribution in [1.29, 1.82) is 0 Å². The van der Waals surface area contributed by atoms with Crippen molar-refractivity contribution in [3.8, 4) is 5.69 Å². The molecule has 0 fully saturated rings. The highest BCUT2D eigenvalue weighted by Crippen LogP contribution is 2.25. The molecule has 0 aliphatic rings. The van der Waals surface area contributed by atoms with Crippen molar-refractivity contribution in [3.05, 3.63) is 83.9 Å². The summed E-state index contributed by atoms with van der Waals surface area (Å²) in [5.41, 5.74) is 2.46. The van der Waals surface area contributed by atoms with E-state index in [0.717, 1.165) is 11.4 Å². The number of nitrogens with zero attached hydrogens (tertiary/aromatic N) is 2. The van der Waals surface area contributed by atoms with Gasteiger partial charge in [0.15, 0.2) is 0 Å². The number of aromatic nitrogens is 2. The van der Waals surface area contributed by atoms with E-state index in [1.54, 1.807) is 18.3 Å². The highest BCUT2D eigenvalue weighted by atomic mass is 19.1. The van der Waals surface area contributed by atoms with Crippen LogP contribution < -0.4 is 5.32 Å². The summed E-state index contributed by atoms with van der Waals surface area (Å²) in [4.78, 5) is 0. The Bertz CT molecular complexity index is 722. The van der Waals surface area contributed by atoms with Gasteiger partial charge in [0.1, 0.15) is 5.82 Å².